The molecule has 0 amide bonds. The lowest BCUT2D eigenvalue weighted by molar-refractivity contribution is 0.373. The van der Waals surface area contributed by atoms with Gasteiger partial charge in [0.25, 0.3) is 0 Å². The number of rotatable bonds is 4. The Labute approximate surface area is 165 Å². The Balaban J connectivity index is 1.77. The fraction of sp³-hybridized carbons (Fsp3) is 0.263. The van der Waals surface area contributed by atoms with E-state index in [1.165, 1.54) is 9.13 Å². The van der Waals surface area contributed by atoms with Crippen molar-refractivity contribution >= 4 is 28.5 Å². The molecule has 0 radical (unpaired) electrons. The van der Waals surface area contributed by atoms with Crippen LogP contribution >= 0.6 is 22.6 Å². The van der Waals surface area contributed by atoms with Crippen molar-refractivity contribution in [1.29, 1.82) is 0 Å². The highest BCUT2D eigenvalue weighted by atomic mass is 127. The van der Waals surface area contributed by atoms with Gasteiger partial charge in [-0.3, -0.25) is 0 Å². The number of hydrogen-bond acceptors (Lipinski definition) is 5. The molecule has 6 nitrogen and oxygen atoms in total. The molecule has 26 heavy (non-hydrogen) atoms. The molecule has 2 heterocycles. The Bertz CT molecular complexity index is 910. The lowest BCUT2D eigenvalue weighted by atomic mass is 9.92. The van der Waals surface area contributed by atoms with E-state index in [2.05, 4.69) is 62.3 Å². The SMILES string of the molecule is COc1ccc(OC)c([C@H]2C[C@@H](c3ccc(I)cc3)Nc3ncnn32)c1. The summed E-state index contributed by atoms with van der Waals surface area (Å²) in [6.45, 7) is 0. The van der Waals surface area contributed by atoms with Crippen LogP contribution in [-0.4, -0.2) is 29.0 Å². The first-order valence-electron chi connectivity index (χ1n) is 8.33. The monoisotopic (exact) mass is 462 g/mol. The van der Waals surface area contributed by atoms with Gasteiger partial charge in [-0.2, -0.15) is 10.1 Å². The zero-order valence-electron chi connectivity index (χ0n) is 14.5. The Morgan fingerprint density at radius 2 is 1.92 bits per heavy atom. The lowest BCUT2D eigenvalue weighted by Gasteiger charge is -2.32. The maximum atomic E-state index is 5.61. The first-order chi connectivity index (χ1) is 12.7. The number of nitrogens with one attached hydrogen (secondary N) is 1. The van der Waals surface area contributed by atoms with Crippen LogP contribution in [-0.2, 0) is 0 Å². The number of hydrogen-bond donors (Lipinski definition) is 1. The number of fused-ring (bicyclic) bond motifs is 1. The van der Waals surface area contributed by atoms with Gasteiger partial charge in [-0.1, -0.05) is 12.1 Å². The topological polar surface area (TPSA) is 61.2 Å². The van der Waals surface area contributed by atoms with Gasteiger partial charge < -0.3 is 14.8 Å². The van der Waals surface area contributed by atoms with Gasteiger partial charge in [-0.25, -0.2) is 4.68 Å². The van der Waals surface area contributed by atoms with Gasteiger partial charge in [-0.15, -0.1) is 0 Å². The second-order valence-corrected chi connectivity index (χ2v) is 7.38. The standard InChI is InChI=1S/C19H19IN4O2/c1-25-14-7-8-18(26-2)15(9-14)17-10-16(12-3-5-13(20)6-4-12)23-19-21-11-22-24(17)19/h3-9,11,16-17H,10H2,1-2H3,(H,21,22,23)/t16-,17+/m0/s1. The second kappa shape index (κ2) is 7.14. The quantitative estimate of drug-likeness (QED) is 0.593. The number of benzene rings is 2. The third kappa shape index (κ3) is 3.11. The van der Waals surface area contributed by atoms with Crippen molar-refractivity contribution in [3.05, 3.63) is 63.5 Å². The zero-order valence-corrected chi connectivity index (χ0v) is 16.7. The Morgan fingerprint density at radius 1 is 1.12 bits per heavy atom. The molecular weight excluding hydrogens is 443 g/mol. The first-order valence-corrected chi connectivity index (χ1v) is 9.41. The molecule has 7 heteroatoms. The third-order valence-corrected chi connectivity index (χ3v) is 5.42. The Hall–Kier alpha value is -2.29. The van der Waals surface area contributed by atoms with E-state index < -0.39 is 0 Å². The number of halogens is 1. The van der Waals surface area contributed by atoms with Crippen molar-refractivity contribution in [3.8, 4) is 11.5 Å². The predicted molar refractivity (Wildman–Crippen MR) is 108 cm³/mol. The molecule has 1 aliphatic heterocycles. The molecule has 0 saturated heterocycles. The predicted octanol–water partition coefficient (Wildman–Crippen LogP) is 4.05. The molecule has 0 saturated carbocycles. The average molecular weight is 462 g/mol. The number of aromatic nitrogens is 3. The van der Waals surface area contributed by atoms with E-state index in [0.717, 1.165) is 29.4 Å². The zero-order chi connectivity index (χ0) is 18.1. The molecule has 1 aromatic heterocycles. The molecule has 0 bridgehead atoms. The minimum atomic E-state index is 0.00285. The summed E-state index contributed by atoms with van der Waals surface area (Å²) in [7, 11) is 3.36. The molecule has 0 spiro atoms. The van der Waals surface area contributed by atoms with Gasteiger partial charge in [0.1, 0.15) is 17.8 Å². The fourth-order valence-corrected chi connectivity index (χ4v) is 3.75. The van der Waals surface area contributed by atoms with Gasteiger partial charge in [0, 0.05) is 9.13 Å². The smallest absolute Gasteiger partial charge is 0.222 e. The van der Waals surface area contributed by atoms with Crippen LogP contribution in [0.15, 0.2) is 48.8 Å². The van der Waals surface area contributed by atoms with Gasteiger partial charge >= 0.3 is 0 Å². The van der Waals surface area contributed by atoms with Crippen molar-refractivity contribution in [3.63, 3.8) is 0 Å². The number of methoxy groups -OCH3 is 2. The highest BCUT2D eigenvalue weighted by Gasteiger charge is 2.31. The van der Waals surface area contributed by atoms with Gasteiger partial charge in [0.05, 0.1) is 26.3 Å². The van der Waals surface area contributed by atoms with E-state index in [4.69, 9.17) is 9.47 Å². The molecule has 2 atom stereocenters. The molecule has 0 aliphatic carbocycles. The van der Waals surface area contributed by atoms with E-state index in [9.17, 15) is 0 Å². The van der Waals surface area contributed by atoms with Crippen LogP contribution in [0, 0.1) is 3.57 Å². The van der Waals surface area contributed by atoms with E-state index in [0.29, 0.717) is 0 Å². The van der Waals surface area contributed by atoms with E-state index >= 15 is 0 Å². The highest BCUT2D eigenvalue weighted by molar-refractivity contribution is 14.1. The normalized spacial score (nSPS) is 18.7. The van der Waals surface area contributed by atoms with Crippen molar-refractivity contribution in [1.82, 2.24) is 14.8 Å². The van der Waals surface area contributed by atoms with Crippen LogP contribution in [0.5, 0.6) is 11.5 Å². The van der Waals surface area contributed by atoms with E-state index in [1.54, 1.807) is 20.5 Å². The maximum Gasteiger partial charge on any atom is 0.222 e. The van der Waals surface area contributed by atoms with Crippen LogP contribution in [0.3, 0.4) is 0 Å². The van der Waals surface area contributed by atoms with Crippen LogP contribution in [0.1, 0.15) is 29.6 Å². The van der Waals surface area contributed by atoms with Crippen LogP contribution < -0.4 is 14.8 Å². The molecule has 0 fully saturated rings. The van der Waals surface area contributed by atoms with Gasteiger partial charge in [0.15, 0.2) is 0 Å². The summed E-state index contributed by atoms with van der Waals surface area (Å²) in [5, 5.41) is 7.93. The fourth-order valence-electron chi connectivity index (χ4n) is 3.39. The van der Waals surface area contributed by atoms with Crippen molar-refractivity contribution < 1.29 is 9.47 Å². The molecule has 4 rings (SSSR count). The average Bonchev–Trinajstić information content (AvgIpc) is 3.16. The minimum absolute atomic E-state index is 0.00285. The van der Waals surface area contributed by atoms with Crippen LogP contribution in [0.2, 0.25) is 0 Å². The number of ether oxygens (including phenoxy) is 2. The first kappa shape index (κ1) is 17.1. The largest absolute Gasteiger partial charge is 0.497 e. The molecular formula is C19H19IN4O2. The number of anilines is 1. The van der Waals surface area contributed by atoms with Gasteiger partial charge in [0.2, 0.25) is 5.95 Å². The summed E-state index contributed by atoms with van der Waals surface area (Å²) in [6, 6.07) is 14.6. The summed E-state index contributed by atoms with van der Waals surface area (Å²) < 4.78 is 14.2. The summed E-state index contributed by atoms with van der Waals surface area (Å²) in [5.41, 5.74) is 2.27. The molecule has 134 valence electrons. The van der Waals surface area contributed by atoms with Crippen molar-refractivity contribution in [2.45, 2.75) is 18.5 Å². The van der Waals surface area contributed by atoms with Gasteiger partial charge in [-0.05, 0) is 64.9 Å². The van der Waals surface area contributed by atoms with E-state index in [-0.39, 0.29) is 12.1 Å². The summed E-state index contributed by atoms with van der Waals surface area (Å²) in [6.07, 6.45) is 2.42. The molecule has 0 unspecified atom stereocenters. The Morgan fingerprint density at radius 3 is 2.65 bits per heavy atom. The third-order valence-electron chi connectivity index (χ3n) is 4.70. The molecule has 1 N–H and O–H groups in total. The molecule has 2 aromatic carbocycles. The summed E-state index contributed by atoms with van der Waals surface area (Å²) >= 11 is 2.32. The lowest BCUT2D eigenvalue weighted by Crippen LogP contribution is -2.28. The van der Waals surface area contributed by atoms with Crippen LogP contribution in [0.25, 0.3) is 0 Å². The van der Waals surface area contributed by atoms with E-state index in [1.807, 2.05) is 22.9 Å². The van der Waals surface area contributed by atoms with Crippen molar-refractivity contribution in [2.75, 3.05) is 19.5 Å². The molecule has 1 aliphatic rings. The highest BCUT2D eigenvalue weighted by Crippen LogP contribution is 2.41. The molecule has 3 aromatic rings. The van der Waals surface area contributed by atoms with Crippen molar-refractivity contribution in [2.24, 2.45) is 0 Å². The van der Waals surface area contributed by atoms with Crippen LogP contribution in [0.4, 0.5) is 5.95 Å². The summed E-state index contributed by atoms with van der Waals surface area (Å²) in [4.78, 5) is 4.39. The number of nitrogens with zero attached hydrogens (tertiary/aromatic N) is 3. The maximum absolute atomic E-state index is 5.61. The summed E-state index contributed by atoms with van der Waals surface area (Å²) in [5.74, 6) is 2.38. The second-order valence-electron chi connectivity index (χ2n) is 6.14. The minimum Gasteiger partial charge on any atom is -0.497 e. The Kier molecular flexibility index (Phi) is 4.71.